The number of hydrogen-bond donors (Lipinski definition) is 4. The molecule has 0 saturated heterocycles. The molecule has 0 fully saturated rings. The number of rotatable bonds is 12. The van der Waals surface area contributed by atoms with Crippen molar-refractivity contribution in [3.63, 3.8) is 0 Å². The zero-order chi connectivity index (χ0) is 16.4. The van der Waals surface area contributed by atoms with E-state index in [0.717, 1.165) is 0 Å². The van der Waals surface area contributed by atoms with Crippen LogP contribution in [-0.2, 0) is 23.9 Å². The largest absolute Gasteiger partial charge is 0.481 e. The van der Waals surface area contributed by atoms with Crippen molar-refractivity contribution in [1.82, 2.24) is 0 Å². The van der Waals surface area contributed by atoms with E-state index in [9.17, 15) is 19.2 Å². The van der Waals surface area contributed by atoms with Gasteiger partial charge in [0.05, 0.1) is 0 Å². The number of carbonyl (C=O) groups is 4. The molecule has 120 valence electrons. The molecule has 0 aliphatic carbocycles. The lowest BCUT2D eigenvalue weighted by Gasteiger charge is -2.19. The Kier molecular flexibility index (Phi) is 8.70. The minimum atomic E-state index is -1.43. The highest BCUT2D eigenvalue weighted by Gasteiger charge is 2.27. The van der Waals surface area contributed by atoms with Gasteiger partial charge in [-0.15, -0.1) is 0 Å². The molecule has 0 aromatic rings. The highest BCUT2D eigenvalue weighted by molar-refractivity contribution is 5.75. The van der Waals surface area contributed by atoms with E-state index in [2.05, 4.69) is 0 Å². The van der Waals surface area contributed by atoms with Gasteiger partial charge in [0, 0.05) is 12.8 Å². The van der Waals surface area contributed by atoms with Crippen LogP contribution >= 0.6 is 0 Å². The molecule has 2 unspecified atom stereocenters. The van der Waals surface area contributed by atoms with Gasteiger partial charge < -0.3 is 25.2 Å². The summed E-state index contributed by atoms with van der Waals surface area (Å²) >= 11 is 0. The van der Waals surface area contributed by atoms with Gasteiger partial charge in [0.25, 0.3) is 0 Å². The van der Waals surface area contributed by atoms with Crippen LogP contribution in [0.15, 0.2) is 0 Å². The van der Waals surface area contributed by atoms with E-state index in [1.807, 2.05) is 0 Å². The van der Waals surface area contributed by atoms with E-state index in [-0.39, 0.29) is 38.5 Å². The van der Waals surface area contributed by atoms with Crippen LogP contribution in [0.3, 0.4) is 0 Å². The molecular weight excluding hydrogens is 288 g/mol. The maximum atomic E-state index is 11.0. The van der Waals surface area contributed by atoms with E-state index in [0.29, 0.717) is 0 Å². The van der Waals surface area contributed by atoms with Crippen molar-refractivity contribution in [1.29, 1.82) is 0 Å². The van der Waals surface area contributed by atoms with Crippen molar-refractivity contribution in [2.45, 2.75) is 50.7 Å². The van der Waals surface area contributed by atoms with Crippen LogP contribution in [0.4, 0.5) is 0 Å². The van der Waals surface area contributed by atoms with Gasteiger partial charge in [0.15, 0.2) is 12.2 Å². The number of carboxylic acids is 4. The Bertz CT molecular complexity index is 354. The van der Waals surface area contributed by atoms with Gasteiger partial charge >= 0.3 is 23.9 Å². The molecule has 0 spiro atoms. The van der Waals surface area contributed by atoms with Crippen LogP contribution in [0.1, 0.15) is 38.5 Å². The quantitative estimate of drug-likeness (QED) is 0.400. The molecule has 0 radical (unpaired) electrons. The summed E-state index contributed by atoms with van der Waals surface area (Å²) in [4.78, 5) is 42.6. The summed E-state index contributed by atoms with van der Waals surface area (Å²) in [6.07, 6.45) is -3.56. The lowest BCUT2D eigenvalue weighted by Crippen LogP contribution is -2.34. The third-order valence-electron chi connectivity index (χ3n) is 2.59. The smallest absolute Gasteiger partial charge is 0.332 e. The van der Waals surface area contributed by atoms with Crippen LogP contribution in [0.2, 0.25) is 0 Å². The van der Waals surface area contributed by atoms with Crippen molar-refractivity contribution in [3.8, 4) is 0 Å². The van der Waals surface area contributed by atoms with Crippen molar-refractivity contribution >= 4 is 23.9 Å². The van der Waals surface area contributed by atoms with Gasteiger partial charge in [0.2, 0.25) is 0 Å². The minimum Gasteiger partial charge on any atom is -0.481 e. The highest BCUT2D eigenvalue weighted by Crippen LogP contribution is 2.13. The number of aliphatic carboxylic acids is 4. The van der Waals surface area contributed by atoms with Crippen molar-refractivity contribution < 1.29 is 44.3 Å². The molecule has 0 aromatic carbocycles. The van der Waals surface area contributed by atoms with Gasteiger partial charge in [-0.05, 0) is 25.7 Å². The van der Waals surface area contributed by atoms with Crippen LogP contribution in [0, 0.1) is 0 Å². The first-order chi connectivity index (χ1) is 9.73. The highest BCUT2D eigenvalue weighted by atomic mass is 16.5. The summed E-state index contributed by atoms with van der Waals surface area (Å²) in [5.41, 5.74) is 0. The van der Waals surface area contributed by atoms with Gasteiger partial charge in [-0.1, -0.05) is 0 Å². The standard InChI is InChI=1S/C12H18O9/c13-9(14)5-1-3-7(11(17)18)21-8(12(19)20)4-2-6-10(15)16/h7-8H,1-6H2,(H,13,14)(H,15,16)(H,17,18)(H,19,20). The van der Waals surface area contributed by atoms with Crippen LogP contribution in [0.25, 0.3) is 0 Å². The molecule has 9 nitrogen and oxygen atoms in total. The molecule has 0 aliphatic rings. The number of hydrogen-bond acceptors (Lipinski definition) is 5. The topological polar surface area (TPSA) is 158 Å². The molecule has 0 rings (SSSR count). The molecule has 0 aromatic heterocycles. The minimum absolute atomic E-state index is 0.0355. The van der Waals surface area contributed by atoms with Crippen molar-refractivity contribution in [2.24, 2.45) is 0 Å². The first-order valence-corrected chi connectivity index (χ1v) is 6.28. The Balaban J connectivity index is 4.45. The van der Waals surface area contributed by atoms with Gasteiger partial charge in [-0.3, -0.25) is 9.59 Å². The summed E-state index contributed by atoms with van der Waals surface area (Å²) in [5.74, 6) is -4.94. The predicted octanol–water partition coefficient (Wildman–Crippen LogP) is 0.419. The van der Waals surface area contributed by atoms with Crippen LogP contribution in [0.5, 0.6) is 0 Å². The Morgan fingerprint density at radius 2 is 1.05 bits per heavy atom. The summed E-state index contributed by atoms with van der Waals surface area (Å²) in [7, 11) is 0. The fourth-order valence-electron chi connectivity index (χ4n) is 1.58. The SMILES string of the molecule is O=C(O)CCCC(OC(CCCC(=O)O)C(=O)O)C(=O)O. The third-order valence-corrected chi connectivity index (χ3v) is 2.59. The molecule has 2 atom stereocenters. The Hall–Kier alpha value is -2.16. The fraction of sp³-hybridized carbons (Fsp3) is 0.667. The first kappa shape index (κ1) is 18.8. The van der Waals surface area contributed by atoms with E-state index in [4.69, 9.17) is 25.2 Å². The van der Waals surface area contributed by atoms with Gasteiger partial charge in [0.1, 0.15) is 0 Å². The average Bonchev–Trinajstić information content (AvgIpc) is 2.34. The second-order valence-electron chi connectivity index (χ2n) is 4.36. The lowest BCUT2D eigenvalue weighted by molar-refractivity contribution is -0.167. The maximum absolute atomic E-state index is 11.0. The van der Waals surface area contributed by atoms with Gasteiger partial charge in [-0.2, -0.15) is 0 Å². The van der Waals surface area contributed by atoms with E-state index in [1.165, 1.54) is 0 Å². The third kappa shape index (κ3) is 9.38. The first-order valence-electron chi connectivity index (χ1n) is 6.28. The molecule has 0 amide bonds. The molecule has 0 bridgehead atoms. The second-order valence-corrected chi connectivity index (χ2v) is 4.36. The van der Waals surface area contributed by atoms with Crippen LogP contribution < -0.4 is 0 Å². The monoisotopic (exact) mass is 306 g/mol. The zero-order valence-electron chi connectivity index (χ0n) is 11.2. The molecular formula is C12H18O9. The zero-order valence-corrected chi connectivity index (χ0v) is 11.2. The summed E-state index contributed by atoms with van der Waals surface area (Å²) in [6.45, 7) is 0. The summed E-state index contributed by atoms with van der Waals surface area (Å²) in [6, 6.07) is 0. The molecule has 9 heteroatoms. The molecule has 0 saturated carbocycles. The Morgan fingerprint density at radius 1 is 0.714 bits per heavy atom. The summed E-state index contributed by atoms with van der Waals surface area (Å²) < 4.78 is 4.95. The maximum Gasteiger partial charge on any atom is 0.332 e. The van der Waals surface area contributed by atoms with Crippen molar-refractivity contribution in [3.05, 3.63) is 0 Å². The molecule has 0 heterocycles. The molecule has 0 aliphatic heterocycles. The molecule has 4 N–H and O–H groups in total. The lowest BCUT2D eigenvalue weighted by atomic mass is 10.1. The molecule has 21 heavy (non-hydrogen) atoms. The van der Waals surface area contributed by atoms with Crippen LogP contribution in [-0.4, -0.2) is 56.5 Å². The average molecular weight is 306 g/mol. The summed E-state index contributed by atoms with van der Waals surface area (Å²) in [5, 5.41) is 34.8. The predicted molar refractivity (Wildman–Crippen MR) is 66.9 cm³/mol. The second kappa shape index (κ2) is 9.70. The number of carboxylic acid groups (broad SMARTS) is 4. The Labute approximate surface area is 120 Å². The van der Waals surface area contributed by atoms with Gasteiger partial charge in [-0.25, -0.2) is 9.59 Å². The fourth-order valence-corrected chi connectivity index (χ4v) is 1.58. The van der Waals surface area contributed by atoms with E-state index < -0.39 is 36.1 Å². The van der Waals surface area contributed by atoms with E-state index in [1.54, 1.807) is 0 Å². The number of ether oxygens (including phenoxy) is 1. The van der Waals surface area contributed by atoms with Crippen molar-refractivity contribution in [2.75, 3.05) is 0 Å². The van der Waals surface area contributed by atoms with E-state index >= 15 is 0 Å². The Morgan fingerprint density at radius 3 is 1.29 bits per heavy atom. The normalized spacial score (nSPS) is 13.3.